The summed E-state index contributed by atoms with van der Waals surface area (Å²) in [5, 5.41) is 18.1. The van der Waals surface area contributed by atoms with Gasteiger partial charge in [0, 0.05) is 6.61 Å². The van der Waals surface area contributed by atoms with Crippen molar-refractivity contribution in [3.63, 3.8) is 0 Å². The molecule has 0 aromatic rings. The molecule has 1 rings (SSSR count). The molecule has 120 valence electrons. The minimum Gasteiger partial charge on any atom is -0.393 e. The van der Waals surface area contributed by atoms with Crippen molar-refractivity contribution < 1.29 is 33.2 Å². The molecule has 1 aliphatic heterocycles. The highest BCUT2D eigenvalue weighted by Crippen LogP contribution is 2.34. The lowest BCUT2D eigenvalue weighted by atomic mass is 10.0. The first-order valence-electron chi connectivity index (χ1n) is 6.84. The van der Waals surface area contributed by atoms with Gasteiger partial charge in [0.2, 0.25) is 0 Å². The lowest BCUT2D eigenvalue weighted by molar-refractivity contribution is -0.239. The lowest BCUT2D eigenvalue weighted by Gasteiger charge is -2.33. The highest BCUT2D eigenvalue weighted by molar-refractivity contribution is 4.93. The SMILES string of the molecule is CCCCO[C@@H]([C@H]1COC(C)(C)O1)C(F)(F)[C@H](O)CO. The number of halogens is 2. The smallest absolute Gasteiger partial charge is 0.303 e. The van der Waals surface area contributed by atoms with Gasteiger partial charge in [0.15, 0.2) is 11.9 Å². The van der Waals surface area contributed by atoms with Crippen molar-refractivity contribution >= 4 is 0 Å². The fourth-order valence-corrected chi connectivity index (χ4v) is 2.00. The molecule has 3 atom stereocenters. The molecule has 0 unspecified atom stereocenters. The molecule has 5 nitrogen and oxygen atoms in total. The second-order valence-electron chi connectivity index (χ2n) is 5.38. The van der Waals surface area contributed by atoms with Crippen LogP contribution >= 0.6 is 0 Å². The van der Waals surface area contributed by atoms with Gasteiger partial charge in [-0.05, 0) is 20.3 Å². The predicted molar refractivity (Wildman–Crippen MR) is 67.6 cm³/mol. The number of rotatable bonds is 8. The third kappa shape index (κ3) is 4.33. The van der Waals surface area contributed by atoms with Gasteiger partial charge >= 0.3 is 5.92 Å². The molecular formula is C13H24F2O5. The van der Waals surface area contributed by atoms with Gasteiger partial charge in [0.05, 0.1) is 13.2 Å². The average molecular weight is 298 g/mol. The Balaban J connectivity index is 2.79. The molecule has 1 fully saturated rings. The van der Waals surface area contributed by atoms with E-state index in [1.807, 2.05) is 6.92 Å². The summed E-state index contributed by atoms with van der Waals surface area (Å²) in [7, 11) is 0. The topological polar surface area (TPSA) is 68.2 Å². The van der Waals surface area contributed by atoms with Crippen molar-refractivity contribution in [1.29, 1.82) is 0 Å². The van der Waals surface area contributed by atoms with Gasteiger partial charge in [-0.1, -0.05) is 13.3 Å². The maximum atomic E-state index is 14.1. The highest BCUT2D eigenvalue weighted by Gasteiger charge is 2.54. The molecule has 0 aromatic heterocycles. The third-order valence-corrected chi connectivity index (χ3v) is 3.16. The van der Waals surface area contributed by atoms with E-state index in [4.69, 9.17) is 19.3 Å². The zero-order valence-corrected chi connectivity index (χ0v) is 12.1. The Morgan fingerprint density at radius 3 is 2.55 bits per heavy atom. The summed E-state index contributed by atoms with van der Waals surface area (Å²) in [6, 6.07) is 0. The Kier molecular flexibility index (Phi) is 6.27. The van der Waals surface area contributed by atoms with Crippen molar-refractivity contribution in [3.8, 4) is 0 Å². The Hall–Kier alpha value is -0.340. The summed E-state index contributed by atoms with van der Waals surface area (Å²) < 4.78 is 44.2. The summed E-state index contributed by atoms with van der Waals surface area (Å²) >= 11 is 0. The molecule has 2 N–H and O–H groups in total. The molecule has 20 heavy (non-hydrogen) atoms. The van der Waals surface area contributed by atoms with Crippen LogP contribution in [-0.4, -0.2) is 60.1 Å². The van der Waals surface area contributed by atoms with Crippen LogP contribution in [0.15, 0.2) is 0 Å². The summed E-state index contributed by atoms with van der Waals surface area (Å²) in [4.78, 5) is 0. The third-order valence-electron chi connectivity index (χ3n) is 3.16. The van der Waals surface area contributed by atoms with Crippen molar-refractivity contribution in [1.82, 2.24) is 0 Å². The molecule has 0 radical (unpaired) electrons. The number of unbranched alkanes of at least 4 members (excludes halogenated alkanes) is 1. The number of ether oxygens (including phenoxy) is 3. The zero-order valence-electron chi connectivity index (χ0n) is 12.1. The average Bonchev–Trinajstić information content (AvgIpc) is 2.73. The molecular weight excluding hydrogens is 274 g/mol. The molecule has 0 aromatic carbocycles. The van der Waals surface area contributed by atoms with Crippen LogP contribution in [0.4, 0.5) is 8.78 Å². The molecule has 7 heteroatoms. The number of aliphatic hydroxyl groups excluding tert-OH is 2. The van der Waals surface area contributed by atoms with Crippen LogP contribution < -0.4 is 0 Å². The van der Waals surface area contributed by atoms with Gasteiger partial charge in [0.1, 0.15) is 12.2 Å². The van der Waals surface area contributed by atoms with Crippen LogP contribution in [0.25, 0.3) is 0 Å². The number of aliphatic hydroxyl groups is 2. The predicted octanol–water partition coefficient (Wildman–Crippen LogP) is 1.31. The van der Waals surface area contributed by atoms with E-state index >= 15 is 0 Å². The highest BCUT2D eigenvalue weighted by atomic mass is 19.3. The van der Waals surface area contributed by atoms with Crippen LogP contribution in [0.1, 0.15) is 33.6 Å². The molecule has 0 spiro atoms. The maximum absolute atomic E-state index is 14.1. The largest absolute Gasteiger partial charge is 0.393 e. The summed E-state index contributed by atoms with van der Waals surface area (Å²) in [6.07, 6.45) is -3.41. The van der Waals surface area contributed by atoms with Crippen LogP contribution in [0.5, 0.6) is 0 Å². The fraction of sp³-hybridized carbons (Fsp3) is 1.00. The van der Waals surface area contributed by atoms with E-state index in [2.05, 4.69) is 0 Å². The van der Waals surface area contributed by atoms with Gasteiger partial charge < -0.3 is 24.4 Å². The van der Waals surface area contributed by atoms with Crippen LogP contribution in [0.3, 0.4) is 0 Å². The Labute approximate surface area is 117 Å². The Morgan fingerprint density at radius 1 is 1.45 bits per heavy atom. The number of hydrogen-bond donors (Lipinski definition) is 2. The summed E-state index contributed by atoms with van der Waals surface area (Å²) in [5.74, 6) is -4.58. The fourth-order valence-electron chi connectivity index (χ4n) is 2.00. The Bertz CT molecular complexity index is 298. The monoisotopic (exact) mass is 298 g/mol. The summed E-state index contributed by atoms with van der Waals surface area (Å²) in [5.41, 5.74) is 0. The molecule has 1 heterocycles. The van der Waals surface area contributed by atoms with Crippen molar-refractivity contribution in [2.24, 2.45) is 0 Å². The van der Waals surface area contributed by atoms with Crippen molar-refractivity contribution in [3.05, 3.63) is 0 Å². The number of hydrogen-bond acceptors (Lipinski definition) is 5. The molecule has 0 bridgehead atoms. The molecule has 0 aliphatic carbocycles. The first kappa shape index (κ1) is 17.7. The molecule has 1 saturated heterocycles. The van der Waals surface area contributed by atoms with Gasteiger partial charge in [0.25, 0.3) is 0 Å². The van der Waals surface area contributed by atoms with Gasteiger partial charge in [-0.15, -0.1) is 0 Å². The van der Waals surface area contributed by atoms with Crippen molar-refractivity contribution in [2.45, 2.75) is 63.6 Å². The molecule has 0 amide bonds. The van der Waals surface area contributed by atoms with Crippen LogP contribution in [0, 0.1) is 0 Å². The van der Waals surface area contributed by atoms with Crippen LogP contribution in [0.2, 0.25) is 0 Å². The quantitative estimate of drug-likeness (QED) is 0.661. The van der Waals surface area contributed by atoms with E-state index in [0.29, 0.717) is 6.42 Å². The van der Waals surface area contributed by atoms with Gasteiger partial charge in [-0.2, -0.15) is 0 Å². The second-order valence-corrected chi connectivity index (χ2v) is 5.38. The molecule has 1 aliphatic rings. The second kappa shape index (κ2) is 7.09. The van der Waals surface area contributed by atoms with Crippen molar-refractivity contribution in [2.75, 3.05) is 19.8 Å². The maximum Gasteiger partial charge on any atom is 0.303 e. The van der Waals surface area contributed by atoms with E-state index < -0.39 is 36.6 Å². The van der Waals surface area contributed by atoms with E-state index in [9.17, 15) is 13.9 Å². The number of alkyl halides is 2. The van der Waals surface area contributed by atoms with E-state index in [1.165, 1.54) is 0 Å². The minimum atomic E-state index is -3.61. The van der Waals surface area contributed by atoms with Crippen LogP contribution in [-0.2, 0) is 14.2 Å². The first-order chi connectivity index (χ1) is 9.24. The molecule has 0 saturated carbocycles. The zero-order chi connectivity index (χ0) is 15.4. The lowest BCUT2D eigenvalue weighted by Crippen LogP contribution is -2.54. The standard InChI is InChI=1S/C13H24F2O5/c1-4-5-6-18-11(13(14,15)10(17)7-16)9-8-19-12(2,3)20-9/h9-11,16-17H,4-8H2,1-3H3/t9-,10-,11+/m1/s1. The Morgan fingerprint density at radius 2 is 2.10 bits per heavy atom. The van der Waals surface area contributed by atoms with E-state index in [1.54, 1.807) is 13.8 Å². The van der Waals surface area contributed by atoms with E-state index in [-0.39, 0.29) is 13.2 Å². The summed E-state index contributed by atoms with van der Waals surface area (Å²) in [6.45, 7) is 4.20. The van der Waals surface area contributed by atoms with Gasteiger partial charge in [-0.25, -0.2) is 8.78 Å². The first-order valence-corrected chi connectivity index (χ1v) is 6.84. The normalized spacial score (nSPS) is 25.6. The van der Waals surface area contributed by atoms with E-state index in [0.717, 1.165) is 6.42 Å². The van der Waals surface area contributed by atoms with Gasteiger partial charge in [-0.3, -0.25) is 0 Å². The minimum absolute atomic E-state index is 0.0441.